The van der Waals surface area contributed by atoms with Gasteiger partial charge in [0.2, 0.25) is 0 Å². The molecule has 1 aromatic rings. The highest BCUT2D eigenvalue weighted by Crippen LogP contribution is 2.16. The molecule has 2 amide bonds. The van der Waals surface area contributed by atoms with Crippen LogP contribution in [0, 0.1) is 6.92 Å². The molecule has 2 N–H and O–H groups in total. The number of rotatable bonds is 2. The van der Waals surface area contributed by atoms with Gasteiger partial charge in [-0.1, -0.05) is 18.2 Å². The summed E-state index contributed by atoms with van der Waals surface area (Å²) in [4.78, 5) is 13.9. The molecule has 1 atom stereocenters. The van der Waals surface area contributed by atoms with Gasteiger partial charge in [-0.05, 0) is 32.0 Å². The van der Waals surface area contributed by atoms with Gasteiger partial charge in [-0.15, -0.1) is 12.4 Å². The Morgan fingerprint density at radius 1 is 1.39 bits per heavy atom. The fraction of sp³-hybridized carbons (Fsp3) is 0.462. The maximum atomic E-state index is 12.0. The van der Waals surface area contributed by atoms with Gasteiger partial charge < -0.3 is 15.5 Å². The summed E-state index contributed by atoms with van der Waals surface area (Å²) < 4.78 is 0. The van der Waals surface area contributed by atoms with Crippen LogP contribution in [-0.4, -0.2) is 37.1 Å². The van der Waals surface area contributed by atoms with E-state index < -0.39 is 0 Å². The van der Waals surface area contributed by atoms with Crippen molar-refractivity contribution >= 4 is 24.1 Å². The lowest BCUT2D eigenvalue weighted by molar-refractivity contribution is 0.221. The van der Waals surface area contributed by atoms with Gasteiger partial charge in [0.05, 0.1) is 0 Å². The fourth-order valence-electron chi connectivity index (χ4n) is 2.09. The number of likely N-dealkylation sites (tertiary alicyclic amines) is 1. The topological polar surface area (TPSA) is 44.4 Å². The summed E-state index contributed by atoms with van der Waals surface area (Å²) in [6.45, 7) is 3.60. The quantitative estimate of drug-likeness (QED) is 0.865. The predicted octanol–water partition coefficient (Wildman–Crippen LogP) is 2.24. The van der Waals surface area contributed by atoms with Crippen molar-refractivity contribution in [3.05, 3.63) is 29.8 Å². The lowest BCUT2D eigenvalue weighted by atomic mass is 10.2. The average Bonchev–Trinajstić information content (AvgIpc) is 2.81. The Kier molecular flexibility index (Phi) is 5.44. The number of halogens is 1. The fourth-order valence-corrected chi connectivity index (χ4v) is 2.09. The van der Waals surface area contributed by atoms with Crippen LogP contribution in [0.2, 0.25) is 0 Å². The first kappa shape index (κ1) is 14.8. The van der Waals surface area contributed by atoms with Crippen LogP contribution in [0.5, 0.6) is 0 Å². The molecule has 0 aromatic heterocycles. The Morgan fingerprint density at radius 3 is 2.72 bits per heavy atom. The zero-order chi connectivity index (χ0) is 12.3. The van der Waals surface area contributed by atoms with Gasteiger partial charge in [0.25, 0.3) is 0 Å². The molecule has 0 aliphatic carbocycles. The van der Waals surface area contributed by atoms with E-state index in [2.05, 4.69) is 10.6 Å². The Morgan fingerprint density at radius 2 is 2.11 bits per heavy atom. The van der Waals surface area contributed by atoms with Gasteiger partial charge >= 0.3 is 6.03 Å². The van der Waals surface area contributed by atoms with Gasteiger partial charge in [-0.3, -0.25) is 0 Å². The number of para-hydroxylation sites is 1. The predicted molar refractivity (Wildman–Crippen MR) is 76.5 cm³/mol. The minimum absolute atomic E-state index is 0. The number of carbonyl (C=O) groups excluding carboxylic acids is 1. The van der Waals surface area contributed by atoms with Gasteiger partial charge in [-0.25, -0.2) is 4.79 Å². The Bertz CT molecular complexity index is 411. The number of hydrogen-bond acceptors (Lipinski definition) is 2. The van der Waals surface area contributed by atoms with E-state index in [9.17, 15) is 4.79 Å². The summed E-state index contributed by atoms with van der Waals surface area (Å²) >= 11 is 0. The summed E-state index contributed by atoms with van der Waals surface area (Å²) in [5.74, 6) is 0. The first-order valence-corrected chi connectivity index (χ1v) is 5.99. The van der Waals surface area contributed by atoms with Crippen molar-refractivity contribution in [1.82, 2.24) is 10.2 Å². The van der Waals surface area contributed by atoms with E-state index >= 15 is 0 Å². The standard InChI is InChI=1S/C13H19N3O.ClH/c1-10-5-3-4-6-12(10)15-13(17)16-8-7-11(9-16)14-2;/h3-6,11,14H,7-9H2,1-2H3,(H,15,17);1H. The molecule has 0 spiro atoms. The average molecular weight is 270 g/mol. The third-order valence-corrected chi connectivity index (χ3v) is 3.27. The zero-order valence-corrected chi connectivity index (χ0v) is 11.6. The van der Waals surface area contributed by atoms with E-state index in [1.807, 2.05) is 43.1 Å². The molecule has 1 aliphatic rings. The van der Waals surface area contributed by atoms with Crippen LogP contribution < -0.4 is 10.6 Å². The summed E-state index contributed by atoms with van der Waals surface area (Å²) in [5, 5.41) is 6.16. The van der Waals surface area contributed by atoms with Crippen molar-refractivity contribution < 1.29 is 4.79 Å². The first-order valence-electron chi connectivity index (χ1n) is 5.99. The van der Waals surface area contributed by atoms with E-state index in [1.54, 1.807) is 0 Å². The number of urea groups is 1. The van der Waals surface area contributed by atoms with Crippen molar-refractivity contribution in [2.75, 3.05) is 25.5 Å². The van der Waals surface area contributed by atoms with Crippen LogP contribution in [0.15, 0.2) is 24.3 Å². The van der Waals surface area contributed by atoms with E-state index in [0.717, 1.165) is 30.8 Å². The second kappa shape index (κ2) is 6.61. The molecular weight excluding hydrogens is 250 g/mol. The molecule has 1 fully saturated rings. The molecule has 1 aliphatic heterocycles. The van der Waals surface area contributed by atoms with Gasteiger partial charge in [0.1, 0.15) is 0 Å². The number of likely N-dealkylation sites (N-methyl/N-ethyl adjacent to an activating group) is 1. The highest BCUT2D eigenvalue weighted by atomic mass is 35.5. The van der Waals surface area contributed by atoms with Crippen LogP contribution in [0.4, 0.5) is 10.5 Å². The molecule has 18 heavy (non-hydrogen) atoms. The van der Waals surface area contributed by atoms with Crippen LogP contribution in [0.1, 0.15) is 12.0 Å². The van der Waals surface area contributed by atoms with Crippen LogP contribution >= 0.6 is 12.4 Å². The maximum Gasteiger partial charge on any atom is 0.321 e. The second-order valence-corrected chi connectivity index (χ2v) is 4.47. The third kappa shape index (κ3) is 3.37. The summed E-state index contributed by atoms with van der Waals surface area (Å²) in [5.41, 5.74) is 1.98. The van der Waals surface area contributed by atoms with E-state index in [4.69, 9.17) is 0 Å². The lowest BCUT2D eigenvalue weighted by Gasteiger charge is -2.18. The summed E-state index contributed by atoms with van der Waals surface area (Å²) in [7, 11) is 1.94. The number of amides is 2. The maximum absolute atomic E-state index is 12.0. The minimum atomic E-state index is -0.00273. The van der Waals surface area contributed by atoms with Gasteiger partial charge in [0, 0.05) is 24.8 Å². The van der Waals surface area contributed by atoms with Crippen LogP contribution in [0.3, 0.4) is 0 Å². The minimum Gasteiger partial charge on any atom is -0.323 e. The lowest BCUT2D eigenvalue weighted by Crippen LogP contribution is -2.36. The number of hydrogen-bond donors (Lipinski definition) is 2. The van der Waals surface area contributed by atoms with Gasteiger partial charge in [0.15, 0.2) is 0 Å². The highest BCUT2D eigenvalue weighted by molar-refractivity contribution is 5.90. The highest BCUT2D eigenvalue weighted by Gasteiger charge is 2.25. The molecule has 100 valence electrons. The number of carbonyl (C=O) groups is 1. The molecule has 2 rings (SSSR count). The Hall–Kier alpha value is -1.26. The second-order valence-electron chi connectivity index (χ2n) is 4.47. The van der Waals surface area contributed by atoms with E-state index in [0.29, 0.717) is 6.04 Å². The summed E-state index contributed by atoms with van der Waals surface area (Å²) in [6.07, 6.45) is 1.03. The van der Waals surface area contributed by atoms with Crippen molar-refractivity contribution in [1.29, 1.82) is 0 Å². The molecule has 5 heteroatoms. The first-order chi connectivity index (χ1) is 8.20. The molecule has 0 saturated carbocycles. The molecule has 0 bridgehead atoms. The monoisotopic (exact) mass is 269 g/mol. The SMILES string of the molecule is CNC1CCN(C(=O)Nc2ccccc2C)C1.Cl. The van der Waals surface area contributed by atoms with Crippen LogP contribution in [-0.2, 0) is 0 Å². The Labute approximate surface area is 114 Å². The van der Waals surface area contributed by atoms with E-state index in [1.165, 1.54) is 0 Å². The number of anilines is 1. The largest absolute Gasteiger partial charge is 0.323 e. The molecule has 1 aromatic carbocycles. The normalized spacial score (nSPS) is 18.3. The van der Waals surface area contributed by atoms with Crippen LogP contribution in [0.25, 0.3) is 0 Å². The summed E-state index contributed by atoms with van der Waals surface area (Å²) in [6, 6.07) is 8.25. The van der Waals surface area contributed by atoms with Gasteiger partial charge in [-0.2, -0.15) is 0 Å². The smallest absolute Gasteiger partial charge is 0.321 e. The molecule has 0 radical (unpaired) electrons. The molecule has 4 nitrogen and oxygen atoms in total. The number of benzene rings is 1. The number of nitrogens with one attached hydrogen (secondary N) is 2. The molecule has 1 heterocycles. The Balaban J connectivity index is 0.00000162. The molecule has 1 unspecified atom stereocenters. The number of nitrogens with zero attached hydrogens (tertiary/aromatic N) is 1. The zero-order valence-electron chi connectivity index (χ0n) is 10.8. The van der Waals surface area contributed by atoms with Crippen molar-refractivity contribution in [2.45, 2.75) is 19.4 Å². The van der Waals surface area contributed by atoms with Crippen molar-refractivity contribution in [3.63, 3.8) is 0 Å². The third-order valence-electron chi connectivity index (χ3n) is 3.27. The van der Waals surface area contributed by atoms with Crippen molar-refractivity contribution in [2.24, 2.45) is 0 Å². The van der Waals surface area contributed by atoms with Crippen molar-refractivity contribution in [3.8, 4) is 0 Å². The number of aryl methyl sites for hydroxylation is 1. The molecule has 1 saturated heterocycles. The van der Waals surface area contributed by atoms with E-state index in [-0.39, 0.29) is 18.4 Å². The molecular formula is C13H20ClN3O.